The fourth-order valence-electron chi connectivity index (χ4n) is 7.47. The van der Waals surface area contributed by atoms with E-state index < -0.39 is 40.0 Å². The number of halogens is 6. The summed E-state index contributed by atoms with van der Waals surface area (Å²) in [5.41, 5.74) is 4.07. The van der Waals surface area contributed by atoms with Gasteiger partial charge in [0, 0.05) is 44.9 Å². The van der Waals surface area contributed by atoms with E-state index in [-0.39, 0.29) is 0 Å². The first-order valence-corrected chi connectivity index (χ1v) is 18.9. The zero-order chi connectivity index (χ0) is 38.3. The second kappa shape index (κ2) is 12.8. The van der Waals surface area contributed by atoms with Crippen LogP contribution in [0, 0.1) is 0 Å². The van der Waals surface area contributed by atoms with E-state index in [1.54, 1.807) is 36.4 Å². The molecule has 0 spiro atoms. The van der Waals surface area contributed by atoms with Crippen molar-refractivity contribution in [3.8, 4) is 32.4 Å². The summed E-state index contributed by atoms with van der Waals surface area (Å²) in [7, 11) is 3.04. The van der Waals surface area contributed by atoms with E-state index in [4.69, 9.17) is 19.5 Å². The van der Waals surface area contributed by atoms with E-state index in [1.165, 1.54) is 37.1 Å². The topological polar surface area (TPSA) is 43.2 Å². The predicted molar refractivity (Wildman–Crippen MR) is 207 cm³/mol. The predicted octanol–water partition coefficient (Wildman–Crippen LogP) is 12.3. The summed E-state index contributed by atoms with van der Waals surface area (Å²) in [6.45, 7) is 0. The van der Waals surface area contributed by atoms with Crippen molar-refractivity contribution >= 4 is 56.6 Å². The Morgan fingerprint density at radius 3 is 1.35 bits per heavy atom. The lowest BCUT2D eigenvalue weighted by Gasteiger charge is -2.25. The molecule has 0 unspecified atom stereocenters. The second-order valence-electron chi connectivity index (χ2n) is 13.4. The van der Waals surface area contributed by atoms with Crippen LogP contribution in [0.2, 0.25) is 0 Å². The van der Waals surface area contributed by atoms with E-state index in [0.717, 1.165) is 56.6 Å². The quantitative estimate of drug-likeness (QED) is 0.144. The summed E-state index contributed by atoms with van der Waals surface area (Å²) in [5.74, 6) is -15.0. The number of nitrogens with zero attached hydrogens (tertiary/aromatic N) is 2. The minimum atomic E-state index is -5.68. The lowest BCUT2D eigenvalue weighted by atomic mass is 9.96. The van der Waals surface area contributed by atoms with Crippen LogP contribution >= 0.6 is 22.7 Å². The van der Waals surface area contributed by atoms with Crippen molar-refractivity contribution in [2.24, 2.45) is 9.98 Å². The van der Waals surface area contributed by atoms with Crippen LogP contribution in [-0.2, 0) is 12.8 Å². The molecule has 9 rings (SSSR count). The van der Waals surface area contributed by atoms with Crippen LogP contribution < -0.4 is 9.47 Å². The van der Waals surface area contributed by atoms with Crippen LogP contribution in [0.5, 0.6) is 11.5 Å². The van der Waals surface area contributed by atoms with Gasteiger partial charge in [-0.25, -0.2) is 0 Å². The third kappa shape index (κ3) is 5.48. The Labute approximate surface area is 319 Å². The van der Waals surface area contributed by atoms with Crippen molar-refractivity contribution in [1.29, 1.82) is 0 Å². The molecular weight excluding hydrogens is 755 g/mol. The fourth-order valence-corrected chi connectivity index (χ4v) is 9.26. The summed E-state index contributed by atoms with van der Waals surface area (Å²) in [6, 6.07) is 28.3. The number of thiophene rings is 2. The van der Waals surface area contributed by atoms with Gasteiger partial charge in [-0.05, 0) is 105 Å². The summed E-state index contributed by atoms with van der Waals surface area (Å²) >= 11 is 1.99. The van der Waals surface area contributed by atoms with Gasteiger partial charge in [0.2, 0.25) is 0 Å². The third-order valence-corrected chi connectivity index (χ3v) is 12.2. The van der Waals surface area contributed by atoms with Crippen molar-refractivity contribution < 1.29 is 35.8 Å². The van der Waals surface area contributed by atoms with E-state index in [1.807, 2.05) is 48.5 Å². The number of para-hydroxylation sites is 2. The van der Waals surface area contributed by atoms with Gasteiger partial charge in [0.15, 0.2) is 0 Å². The molecule has 276 valence electrons. The second-order valence-corrected chi connectivity index (χ2v) is 15.3. The van der Waals surface area contributed by atoms with Gasteiger partial charge < -0.3 is 9.47 Å². The van der Waals surface area contributed by atoms with E-state index >= 15 is 26.3 Å². The average molecular weight is 783 g/mol. The fraction of sp³-hybridized carbons (Fsp3) is 0.163. The Morgan fingerprint density at radius 2 is 0.945 bits per heavy atom. The molecule has 0 radical (unpaired) electrons. The summed E-state index contributed by atoms with van der Waals surface area (Å²) in [6.07, 6.45) is 1.09. The maximum Gasteiger partial charge on any atom is 0.380 e. The SMILES string of the molecule is COc1ccc(-c2cc(C3=C(c4csc(-c5ccc(OC)c(C6=Nc7ccccc7C6)c5)c4)C(F)(F)C(F)(F)C3(F)F)cs2)cc1C1=Nc2ccccc2C1. The molecule has 0 amide bonds. The monoisotopic (exact) mass is 782 g/mol. The van der Waals surface area contributed by atoms with Gasteiger partial charge >= 0.3 is 17.8 Å². The number of alkyl halides is 6. The smallest absolute Gasteiger partial charge is 0.380 e. The number of aliphatic imine (C=N–C) groups is 2. The summed E-state index contributed by atoms with van der Waals surface area (Å²) in [5, 5.41) is 2.46. The lowest BCUT2D eigenvalue weighted by Crippen LogP contribution is -2.48. The van der Waals surface area contributed by atoms with E-state index in [0.29, 0.717) is 56.3 Å². The highest BCUT2D eigenvalue weighted by molar-refractivity contribution is 7.14. The molecule has 0 fully saturated rings. The van der Waals surface area contributed by atoms with E-state index in [2.05, 4.69) is 0 Å². The molecule has 1 aliphatic carbocycles. The van der Waals surface area contributed by atoms with Crippen LogP contribution in [0.3, 0.4) is 0 Å². The Hall–Kier alpha value is -5.46. The van der Waals surface area contributed by atoms with Crippen molar-refractivity contribution in [2.45, 2.75) is 30.6 Å². The third-order valence-electron chi connectivity index (χ3n) is 10.2. The number of ether oxygens (including phenoxy) is 2. The van der Waals surface area contributed by atoms with Gasteiger partial charge in [-0.3, -0.25) is 9.98 Å². The number of methoxy groups -OCH3 is 2. The molecule has 12 heteroatoms. The first kappa shape index (κ1) is 35.3. The van der Waals surface area contributed by atoms with Crippen molar-refractivity contribution in [3.63, 3.8) is 0 Å². The molecule has 6 aromatic rings. The van der Waals surface area contributed by atoms with Gasteiger partial charge in [-0.15, -0.1) is 22.7 Å². The number of hydrogen-bond acceptors (Lipinski definition) is 6. The minimum Gasteiger partial charge on any atom is -0.496 e. The molecule has 0 atom stereocenters. The summed E-state index contributed by atoms with van der Waals surface area (Å²) in [4.78, 5) is 10.3. The molecule has 4 nitrogen and oxygen atoms in total. The maximum atomic E-state index is 15.8. The molecular formula is C43H28F6N2O2S2. The first-order valence-electron chi connectivity index (χ1n) is 17.2. The Balaban J connectivity index is 1.11. The molecule has 3 aliphatic rings. The molecule has 0 N–H and O–H groups in total. The molecule has 2 aliphatic heterocycles. The Morgan fingerprint density at radius 1 is 0.527 bits per heavy atom. The Kier molecular flexibility index (Phi) is 8.21. The highest BCUT2D eigenvalue weighted by Crippen LogP contribution is 2.65. The number of fused-ring (bicyclic) bond motifs is 2. The molecule has 0 bridgehead atoms. The number of benzene rings is 4. The van der Waals surface area contributed by atoms with Gasteiger partial charge in [0.1, 0.15) is 11.5 Å². The lowest BCUT2D eigenvalue weighted by molar-refractivity contribution is -0.254. The summed E-state index contributed by atoms with van der Waals surface area (Å²) < 4.78 is 105. The van der Waals surface area contributed by atoms with Crippen LogP contribution in [0.15, 0.2) is 118 Å². The number of hydrogen-bond donors (Lipinski definition) is 0. The van der Waals surface area contributed by atoms with Crippen molar-refractivity contribution in [3.05, 3.63) is 141 Å². The van der Waals surface area contributed by atoms with Gasteiger partial charge in [-0.1, -0.05) is 36.4 Å². The van der Waals surface area contributed by atoms with Crippen molar-refractivity contribution in [1.82, 2.24) is 0 Å². The van der Waals surface area contributed by atoms with Gasteiger partial charge in [0.25, 0.3) is 0 Å². The van der Waals surface area contributed by atoms with Gasteiger partial charge in [0.05, 0.1) is 37.0 Å². The van der Waals surface area contributed by atoms with E-state index in [9.17, 15) is 0 Å². The largest absolute Gasteiger partial charge is 0.496 e. The van der Waals surface area contributed by atoms with Crippen LogP contribution in [0.25, 0.3) is 32.0 Å². The molecule has 0 saturated carbocycles. The molecule has 0 saturated heterocycles. The highest BCUT2D eigenvalue weighted by Gasteiger charge is 2.80. The number of rotatable bonds is 8. The van der Waals surface area contributed by atoms with Crippen molar-refractivity contribution in [2.75, 3.05) is 14.2 Å². The molecule has 2 aromatic heterocycles. The van der Waals surface area contributed by atoms with Crippen LogP contribution in [0.4, 0.5) is 37.7 Å². The molecule has 4 heterocycles. The Bertz CT molecular complexity index is 2460. The maximum absolute atomic E-state index is 15.8. The zero-order valence-electron chi connectivity index (χ0n) is 29.1. The number of allylic oxidation sites excluding steroid dienone is 2. The van der Waals surface area contributed by atoms with Crippen LogP contribution in [0.1, 0.15) is 33.4 Å². The molecule has 4 aromatic carbocycles. The van der Waals surface area contributed by atoms with Gasteiger partial charge in [-0.2, -0.15) is 26.3 Å². The van der Waals surface area contributed by atoms with Crippen LogP contribution in [-0.4, -0.2) is 43.4 Å². The highest BCUT2D eigenvalue weighted by atomic mass is 32.1. The normalized spacial score (nSPS) is 17.5. The first-order chi connectivity index (χ1) is 26.4. The zero-order valence-corrected chi connectivity index (χ0v) is 30.7. The molecule has 55 heavy (non-hydrogen) atoms. The standard InChI is InChI=1S/C43H28F6N2O2S2/c1-52-35-13-11-25(15-29(35)33-17-23-7-3-5-9-31(23)50-33)37-19-27(21-54-37)39-40(42(46,47)43(48,49)41(39,44)45)28-20-38(55-22-28)26-12-14-36(53-2)30(16-26)34-18-24-8-4-6-10-32(24)51-34/h3-16,19-22H,17-18H2,1-2H3. The average Bonchev–Trinajstić information content (AvgIpc) is 4.02. The minimum absolute atomic E-state index is 0.405.